The summed E-state index contributed by atoms with van der Waals surface area (Å²) in [5.41, 5.74) is 1.39. The van der Waals surface area contributed by atoms with Crippen LogP contribution in [0, 0.1) is 11.3 Å². The highest BCUT2D eigenvalue weighted by atomic mass is 16.6. The van der Waals surface area contributed by atoms with Crippen molar-refractivity contribution in [3.8, 4) is 17.6 Å². The zero-order chi connectivity index (χ0) is 16.7. The molecule has 1 heterocycles. The SMILES string of the molecule is CC(C)N(C)c1cc2c(cc1C#N)OCCOCCOCCO2. The smallest absolute Gasteiger partial charge is 0.163 e. The predicted molar refractivity (Wildman–Crippen MR) is 87.3 cm³/mol. The van der Waals surface area contributed by atoms with E-state index >= 15 is 0 Å². The molecule has 0 bridgehead atoms. The van der Waals surface area contributed by atoms with Crippen molar-refractivity contribution in [1.29, 1.82) is 5.26 Å². The Bertz CT molecular complexity index is 554. The molecule has 1 aromatic carbocycles. The molecule has 23 heavy (non-hydrogen) atoms. The van der Waals surface area contributed by atoms with Gasteiger partial charge in [-0.25, -0.2) is 0 Å². The van der Waals surface area contributed by atoms with Gasteiger partial charge in [-0.1, -0.05) is 0 Å². The summed E-state index contributed by atoms with van der Waals surface area (Å²) in [4.78, 5) is 2.04. The fourth-order valence-corrected chi connectivity index (χ4v) is 2.18. The van der Waals surface area contributed by atoms with Crippen molar-refractivity contribution in [2.24, 2.45) is 0 Å². The molecule has 0 aliphatic carbocycles. The Morgan fingerprint density at radius 3 is 2.00 bits per heavy atom. The lowest BCUT2D eigenvalue weighted by Gasteiger charge is -2.26. The lowest BCUT2D eigenvalue weighted by Crippen LogP contribution is -2.26. The van der Waals surface area contributed by atoms with Crippen LogP contribution in [0.1, 0.15) is 19.4 Å². The van der Waals surface area contributed by atoms with Gasteiger partial charge in [-0.05, 0) is 13.8 Å². The number of ether oxygens (including phenoxy) is 4. The average molecular weight is 320 g/mol. The first kappa shape index (κ1) is 17.4. The molecule has 0 atom stereocenters. The molecule has 0 fully saturated rings. The lowest BCUT2D eigenvalue weighted by molar-refractivity contribution is 0.0223. The van der Waals surface area contributed by atoms with E-state index in [1.54, 1.807) is 6.07 Å². The standard InChI is InChI=1S/C17H24N2O4/c1-13(2)19(3)15-11-17-16(10-14(15)12-18)22-8-6-20-4-5-21-7-9-23-17/h10-11,13H,4-9H2,1-3H3. The summed E-state index contributed by atoms with van der Waals surface area (Å²) in [6, 6.07) is 6.10. The third-order valence-corrected chi connectivity index (χ3v) is 3.68. The third-order valence-electron chi connectivity index (χ3n) is 3.68. The van der Waals surface area contributed by atoms with Crippen molar-refractivity contribution < 1.29 is 18.9 Å². The summed E-state index contributed by atoms with van der Waals surface area (Å²) < 4.78 is 22.4. The maximum Gasteiger partial charge on any atom is 0.163 e. The van der Waals surface area contributed by atoms with Crippen molar-refractivity contribution in [1.82, 2.24) is 0 Å². The van der Waals surface area contributed by atoms with Crippen LogP contribution in [0.5, 0.6) is 11.5 Å². The minimum absolute atomic E-state index is 0.268. The van der Waals surface area contributed by atoms with E-state index in [2.05, 4.69) is 19.9 Å². The monoisotopic (exact) mass is 320 g/mol. The second kappa shape index (κ2) is 8.61. The van der Waals surface area contributed by atoms with Crippen LogP contribution < -0.4 is 14.4 Å². The molecular weight excluding hydrogens is 296 g/mol. The van der Waals surface area contributed by atoms with Gasteiger partial charge in [0.05, 0.1) is 37.7 Å². The van der Waals surface area contributed by atoms with Gasteiger partial charge < -0.3 is 23.8 Å². The number of nitrogens with zero attached hydrogens (tertiary/aromatic N) is 2. The summed E-state index contributed by atoms with van der Waals surface area (Å²) in [6.07, 6.45) is 0. The normalized spacial score (nSPS) is 16.1. The average Bonchev–Trinajstić information content (AvgIpc) is 2.54. The fraction of sp³-hybridized carbons (Fsp3) is 0.588. The molecule has 2 rings (SSSR count). The van der Waals surface area contributed by atoms with Gasteiger partial charge in [0.25, 0.3) is 0 Å². The Hall–Kier alpha value is -1.97. The maximum atomic E-state index is 9.44. The molecule has 6 nitrogen and oxygen atoms in total. The molecule has 0 radical (unpaired) electrons. The molecule has 1 aromatic rings. The van der Waals surface area contributed by atoms with Crippen LogP contribution in [-0.4, -0.2) is 52.7 Å². The van der Waals surface area contributed by atoms with Crippen molar-refractivity contribution in [3.63, 3.8) is 0 Å². The number of anilines is 1. The van der Waals surface area contributed by atoms with E-state index in [1.807, 2.05) is 18.0 Å². The Morgan fingerprint density at radius 2 is 1.48 bits per heavy atom. The van der Waals surface area contributed by atoms with Crippen LogP contribution >= 0.6 is 0 Å². The quantitative estimate of drug-likeness (QED) is 0.832. The molecular formula is C17H24N2O4. The molecule has 0 unspecified atom stereocenters. The largest absolute Gasteiger partial charge is 0.487 e. The number of nitriles is 1. The highest BCUT2D eigenvalue weighted by molar-refractivity contribution is 5.66. The minimum Gasteiger partial charge on any atom is -0.487 e. The van der Waals surface area contributed by atoms with E-state index in [-0.39, 0.29) is 6.04 Å². The zero-order valence-electron chi connectivity index (χ0n) is 14.0. The van der Waals surface area contributed by atoms with E-state index in [4.69, 9.17) is 18.9 Å². The lowest BCUT2D eigenvalue weighted by atomic mass is 10.1. The molecule has 0 saturated heterocycles. The number of hydrogen-bond acceptors (Lipinski definition) is 6. The number of fused-ring (bicyclic) bond motifs is 1. The summed E-state index contributed by atoms with van der Waals surface area (Å²) in [5, 5.41) is 9.44. The van der Waals surface area contributed by atoms with Crippen molar-refractivity contribution in [2.75, 3.05) is 51.6 Å². The summed E-state index contributed by atoms with van der Waals surface area (Å²) >= 11 is 0. The third kappa shape index (κ3) is 4.75. The van der Waals surface area contributed by atoms with Crippen LogP contribution in [0.3, 0.4) is 0 Å². The van der Waals surface area contributed by atoms with Crippen LogP contribution in [0.25, 0.3) is 0 Å². The van der Waals surface area contributed by atoms with E-state index in [9.17, 15) is 5.26 Å². The zero-order valence-corrected chi connectivity index (χ0v) is 14.0. The van der Waals surface area contributed by atoms with Gasteiger partial charge >= 0.3 is 0 Å². The van der Waals surface area contributed by atoms with Gasteiger partial charge in [-0.3, -0.25) is 0 Å². The first-order valence-corrected chi connectivity index (χ1v) is 7.85. The van der Waals surface area contributed by atoms with Crippen LogP contribution in [-0.2, 0) is 9.47 Å². The molecule has 126 valence electrons. The Morgan fingerprint density at radius 1 is 0.957 bits per heavy atom. The van der Waals surface area contributed by atoms with Gasteiger partial charge in [-0.15, -0.1) is 0 Å². The highest BCUT2D eigenvalue weighted by Crippen LogP contribution is 2.35. The van der Waals surface area contributed by atoms with E-state index < -0.39 is 0 Å². The summed E-state index contributed by atoms with van der Waals surface area (Å²) in [6.45, 7) is 7.01. The highest BCUT2D eigenvalue weighted by Gasteiger charge is 2.17. The topological polar surface area (TPSA) is 64.0 Å². The maximum absolute atomic E-state index is 9.44. The van der Waals surface area contributed by atoms with Gasteiger partial charge in [0, 0.05) is 25.2 Å². The Labute approximate surface area is 137 Å². The second-order valence-corrected chi connectivity index (χ2v) is 5.55. The molecule has 1 aliphatic rings. The summed E-state index contributed by atoms with van der Waals surface area (Å²) in [7, 11) is 1.96. The van der Waals surface area contributed by atoms with Crippen molar-refractivity contribution in [2.45, 2.75) is 19.9 Å². The van der Waals surface area contributed by atoms with Crippen LogP contribution in [0.15, 0.2) is 12.1 Å². The number of hydrogen-bond donors (Lipinski definition) is 0. The Kier molecular flexibility index (Phi) is 6.51. The number of rotatable bonds is 2. The number of benzene rings is 1. The van der Waals surface area contributed by atoms with E-state index in [0.29, 0.717) is 56.7 Å². The minimum atomic E-state index is 0.268. The van der Waals surface area contributed by atoms with Gasteiger partial charge in [0.15, 0.2) is 11.5 Å². The molecule has 0 amide bonds. The van der Waals surface area contributed by atoms with E-state index in [1.165, 1.54) is 0 Å². The van der Waals surface area contributed by atoms with Gasteiger partial charge in [-0.2, -0.15) is 5.26 Å². The fourth-order valence-electron chi connectivity index (χ4n) is 2.18. The predicted octanol–water partition coefficient (Wildman–Crippen LogP) is 2.21. The van der Waals surface area contributed by atoms with Gasteiger partial charge in [0.2, 0.25) is 0 Å². The first-order valence-electron chi connectivity index (χ1n) is 7.85. The van der Waals surface area contributed by atoms with Crippen LogP contribution in [0.4, 0.5) is 5.69 Å². The van der Waals surface area contributed by atoms with Crippen molar-refractivity contribution in [3.05, 3.63) is 17.7 Å². The van der Waals surface area contributed by atoms with Crippen molar-refractivity contribution >= 4 is 5.69 Å². The van der Waals surface area contributed by atoms with E-state index in [0.717, 1.165) is 5.69 Å². The summed E-state index contributed by atoms with van der Waals surface area (Å²) in [5.74, 6) is 1.18. The first-order chi connectivity index (χ1) is 11.1. The molecule has 0 N–H and O–H groups in total. The molecule has 1 aliphatic heterocycles. The van der Waals surface area contributed by atoms with Gasteiger partial charge in [0.1, 0.15) is 19.3 Å². The second-order valence-electron chi connectivity index (χ2n) is 5.55. The molecule has 0 spiro atoms. The molecule has 0 aromatic heterocycles. The Balaban J connectivity index is 2.31. The molecule has 0 saturated carbocycles. The molecule has 6 heteroatoms. The van der Waals surface area contributed by atoms with Crippen LogP contribution in [0.2, 0.25) is 0 Å².